The van der Waals surface area contributed by atoms with E-state index in [9.17, 15) is 9.59 Å². The van der Waals surface area contributed by atoms with Gasteiger partial charge in [-0.3, -0.25) is 9.69 Å². The van der Waals surface area contributed by atoms with Crippen LogP contribution in [0.15, 0.2) is 54.6 Å². The van der Waals surface area contributed by atoms with Crippen LogP contribution in [-0.4, -0.2) is 36.6 Å². The highest BCUT2D eigenvalue weighted by Gasteiger charge is 2.25. The van der Waals surface area contributed by atoms with E-state index >= 15 is 0 Å². The second kappa shape index (κ2) is 10.6. The van der Waals surface area contributed by atoms with E-state index in [1.165, 1.54) is 0 Å². The molecule has 0 unspecified atom stereocenters. The molecule has 1 aliphatic rings. The molecule has 2 aromatic carbocycles. The number of hydrogen-bond acceptors (Lipinski definition) is 4. The van der Waals surface area contributed by atoms with Crippen molar-refractivity contribution in [2.75, 3.05) is 25.0 Å². The summed E-state index contributed by atoms with van der Waals surface area (Å²) in [5.74, 6) is -0.0487. The summed E-state index contributed by atoms with van der Waals surface area (Å²) in [5, 5.41) is 5.77. The molecule has 2 aromatic rings. The van der Waals surface area contributed by atoms with Crippen LogP contribution >= 0.6 is 0 Å². The predicted molar refractivity (Wildman–Crippen MR) is 113 cm³/mol. The zero-order valence-electron chi connectivity index (χ0n) is 16.9. The summed E-state index contributed by atoms with van der Waals surface area (Å²) in [5.41, 5.74) is 2.97. The van der Waals surface area contributed by atoms with E-state index in [0.717, 1.165) is 49.3 Å². The van der Waals surface area contributed by atoms with E-state index in [1.54, 1.807) is 0 Å². The monoisotopic (exact) mass is 395 g/mol. The van der Waals surface area contributed by atoms with Crippen molar-refractivity contribution >= 4 is 17.7 Å². The van der Waals surface area contributed by atoms with Gasteiger partial charge >= 0.3 is 12.0 Å². The van der Waals surface area contributed by atoms with Crippen LogP contribution in [0.4, 0.5) is 10.5 Å². The summed E-state index contributed by atoms with van der Waals surface area (Å²) in [6.45, 7) is 5.32. The van der Waals surface area contributed by atoms with Gasteiger partial charge in [0, 0.05) is 18.8 Å². The van der Waals surface area contributed by atoms with Crippen molar-refractivity contribution < 1.29 is 14.3 Å². The first-order chi connectivity index (χ1) is 14.1. The van der Waals surface area contributed by atoms with E-state index in [-0.39, 0.29) is 17.9 Å². The van der Waals surface area contributed by atoms with Crippen molar-refractivity contribution in [2.24, 2.45) is 5.92 Å². The molecule has 0 spiro atoms. The molecular formula is C23H29N3O3. The lowest BCUT2D eigenvalue weighted by molar-refractivity contribution is -0.149. The minimum atomic E-state index is -0.221. The van der Waals surface area contributed by atoms with Crippen LogP contribution in [-0.2, 0) is 22.6 Å². The standard InChI is InChI=1S/C23H29N3O3/c1-2-29-22(27)20-11-13-26(14-12-20)17-19-9-6-10-21(15-19)25-23(28)24-16-18-7-4-3-5-8-18/h3-10,15,20H,2,11-14,16-17H2,1H3,(H2,24,25,28). The van der Waals surface area contributed by atoms with E-state index in [1.807, 2.05) is 55.5 Å². The highest BCUT2D eigenvalue weighted by atomic mass is 16.5. The number of benzene rings is 2. The minimum absolute atomic E-state index is 0.0208. The van der Waals surface area contributed by atoms with Crippen molar-refractivity contribution in [3.05, 3.63) is 65.7 Å². The summed E-state index contributed by atoms with van der Waals surface area (Å²) in [7, 11) is 0. The Morgan fingerprint density at radius 2 is 1.76 bits per heavy atom. The molecule has 154 valence electrons. The second-order valence-electron chi connectivity index (χ2n) is 7.30. The lowest BCUT2D eigenvalue weighted by Crippen LogP contribution is -2.36. The van der Waals surface area contributed by atoms with Crippen molar-refractivity contribution in [2.45, 2.75) is 32.9 Å². The first kappa shape index (κ1) is 20.9. The van der Waals surface area contributed by atoms with Gasteiger partial charge in [0.25, 0.3) is 0 Å². The summed E-state index contributed by atoms with van der Waals surface area (Å²) >= 11 is 0. The van der Waals surface area contributed by atoms with Gasteiger partial charge < -0.3 is 15.4 Å². The zero-order valence-corrected chi connectivity index (χ0v) is 16.9. The third kappa shape index (κ3) is 6.61. The van der Waals surface area contributed by atoms with E-state index in [4.69, 9.17) is 4.74 Å². The maximum atomic E-state index is 12.2. The number of urea groups is 1. The molecule has 0 saturated carbocycles. The predicted octanol–water partition coefficient (Wildman–Crippen LogP) is 3.78. The Balaban J connectivity index is 1.46. The molecule has 0 aromatic heterocycles. The first-order valence-corrected chi connectivity index (χ1v) is 10.2. The number of hydrogen-bond donors (Lipinski definition) is 2. The average molecular weight is 396 g/mol. The van der Waals surface area contributed by atoms with Gasteiger partial charge in [0.1, 0.15) is 0 Å². The fraction of sp³-hybridized carbons (Fsp3) is 0.391. The number of nitrogens with one attached hydrogen (secondary N) is 2. The molecule has 0 atom stereocenters. The van der Waals surface area contributed by atoms with E-state index in [2.05, 4.69) is 21.6 Å². The minimum Gasteiger partial charge on any atom is -0.466 e. The molecule has 1 heterocycles. The number of piperidine rings is 1. The fourth-order valence-corrected chi connectivity index (χ4v) is 3.55. The normalized spacial score (nSPS) is 14.9. The lowest BCUT2D eigenvalue weighted by Gasteiger charge is -2.30. The van der Waals surface area contributed by atoms with Crippen molar-refractivity contribution in [1.82, 2.24) is 10.2 Å². The number of anilines is 1. The molecular weight excluding hydrogens is 366 g/mol. The highest BCUT2D eigenvalue weighted by Crippen LogP contribution is 2.21. The van der Waals surface area contributed by atoms with Crippen LogP contribution in [0.25, 0.3) is 0 Å². The van der Waals surface area contributed by atoms with Gasteiger partial charge in [-0.1, -0.05) is 42.5 Å². The van der Waals surface area contributed by atoms with Gasteiger partial charge in [0.05, 0.1) is 12.5 Å². The molecule has 6 heteroatoms. The fourth-order valence-electron chi connectivity index (χ4n) is 3.55. The van der Waals surface area contributed by atoms with Crippen LogP contribution in [0.3, 0.4) is 0 Å². The van der Waals surface area contributed by atoms with Crippen LogP contribution < -0.4 is 10.6 Å². The average Bonchev–Trinajstić information content (AvgIpc) is 2.74. The molecule has 29 heavy (non-hydrogen) atoms. The molecule has 2 amide bonds. The molecule has 1 aliphatic heterocycles. The smallest absolute Gasteiger partial charge is 0.319 e. The first-order valence-electron chi connectivity index (χ1n) is 10.2. The zero-order chi connectivity index (χ0) is 20.5. The molecule has 1 fully saturated rings. The number of ether oxygens (including phenoxy) is 1. The van der Waals surface area contributed by atoms with Crippen LogP contribution in [0, 0.1) is 5.92 Å². The Bertz CT molecular complexity index is 802. The Hall–Kier alpha value is -2.86. The number of nitrogens with zero attached hydrogens (tertiary/aromatic N) is 1. The van der Waals surface area contributed by atoms with Crippen LogP contribution in [0.1, 0.15) is 30.9 Å². The number of amides is 2. The van der Waals surface area contributed by atoms with Crippen molar-refractivity contribution in [3.63, 3.8) is 0 Å². The highest BCUT2D eigenvalue weighted by molar-refractivity contribution is 5.89. The van der Waals surface area contributed by atoms with Crippen LogP contribution in [0.2, 0.25) is 0 Å². The van der Waals surface area contributed by atoms with Gasteiger partial charge in [0.2, 0.25) is 0 Å². The molecule has 0 aliphatic carbocycles. The molecule has 2 N–H and O–H groups in total. The second-order valence-corrected chi connectivity index (χ2v) is 7.30. The summed E-state index contributed by atoms with van der Waals surface area (Å²) < 4.78 is 5.13. The van der Waals surface area contributed by atoms with Crippen molar-refractivity contribution in [1.29, 1.82) is 0 Å². The Morgan fingerprint density at radius 1 is 1.03 bits per heavy atom. The number of carbonyl (C=O) groups excluding carboxylic acids is 2. The maximum Gasteiger partial charge on any atom is 0.319 e. The Kier molecular flexibility index (Phi) is 7.64. The third-order valence-electron chi connectivity index (χ3n) is 5.09. The largest absolute Gasteiger partial charge is 0.466 e. The van der Waals surface area contributed by atoms with E-state index < -0.39 is 0 Å². The Labute approximate surface area is 172 Å². The molecule has 3 rings (SSSR count). The van der Waals surface area contributed by atoms with Gasteiger partial charge in [-0.25, -0.2) is 4.79 Å². The molecule has 1 saturated heterocycles. The number of rotatable bonds is 7. The number of carbonyl (C=O) groups is 2. The summed E-state index contributed by atoms with van der Waals surface area (Å²) in [6.07, 6.45) is 1.66. The van der Waals surface area contributed by atoms with Gasteiger partial charge in [0.15, 0.2) is 0 Å². The lowest BCUT2D eigenvalue weighted by atomic mass is 9.96. The van der Waals surface area contributed by atoms with E-state index in [0.29, 0.717) is 13.2 Å². The topological polar surface area (TPSA) is 70.7 Å². The quantitative estimate of drug-likeness (QED) is 0.700. The van der Waals surface area contributed by atoms with Gasteiger partial charge in [-0.05, 0) is 56.1 Å². The number of likely N-dealkylation sites (tertiary alicyclic amines) is 1. The molecule has 6 nitrogen and oxygen atoms in total. The maximum absolute atomic E-state index is 12.2. The summed E-state index contributed by atoms with van der Waals surface area (Å²) in [4.78, 5) is 26.4. The Morgan fingerprint density at radius 3 is 2.48 bits per heavy atom. The number of esters is 1. The van der Waals surface area contributed by atoms with Crippen LogP contribution in [0.5, 0.6) is 0 Å². The third-order valence-corrected chi connectivity index (χ3v) is 5.09. The SMILES string of the molecule is CCOC(=O)C1CCN(Cc2cccc(NC(=O)NCc3ccccc3)c2)CC1. The van der Waals surface area contributed by atoms with Gasteiger partial charge in [-0.2, -0.15) is 0 Å². The molecule has 0 bridgehead atoms. The summed E-state index contributed by atoms with van der Waals surface area (Å²) in [6, 6.07) is 17.5. The molecule has 0 radical (unpaired) electrons. The van der Waals surface area contributed by atoms with Crippen molar-refractivity contribution in [3.8, 4) is 0 Å². The van der Waals surface area contributed by atoms with Gasteiger partial charge in [-0.15, -0.1) is 0 Å².